The second kappa shape index (κ2) is 14.0. The van der Waals surface area contributed by atoms with Gasteiger partial charge in [0.2, 0.25) is 0 Å². The Kier molecular flexibility index (Phi) is 10.0. The van der Waals surface area contributed by atoms with Gasteiger partial charge in [-0.3, -0.25) is 24.3 Å². The fourth-order valence-electron chi connectivity index (χ4n) is 5.00. The standard InChI is InChI=1S/C31H28BrN5O7S2/c1-5-7-20-26(29(40)44-6-2)27(18-9-10-22(43-4)19(32)15-18)36-28(39)24(46-31(36)34-20)14-17-8-11-23(21(13-17)37(41)42)45-30-33-16(3)12-25(38)35-30/h8-15,27H,5-7H2,1-4H3,(H,33,35,38)/b24-14+/t27-/m0/s1. The number of thiazole rings is 1. The molecule has 0 spiro atoms. The van der Waals surface area contributed by atoms with Gasteiger partial charge in [0.05, 0.1) is 49.9 Å². The first-order valence-corrected chi connectivity index (χ1v) is 16.6. The van der Waals surface area contributed by atoms with Crippen molar-refractivity contribution < 1.29 is 19.2 Å². The van der Waals surface area contributed by atoms with E-state index < -0.39 is 22.5 Å². The molecule has 0 bridgehead atoms. The zero-order valence-electron chi connectivity index (χ0n) is 25.2. The minimum atomic E-state index is -0.835. The highest BCUT2D eigenvalue weighted by Gasteiger charge is 2.34. The number of aromatic amines is 1. The predicted molar refractivity (Wildman–Crippen MR) is 177 cm³/mol. The fourth-order valence-corrected chi connectivity index (χ4v) is 7.50. The molecular formula is C31H28BrN5O7S2. The lowest BCUT2D eigenvalue weighted by molar-refractivity contribution is -0.387. The number of esters is 1. The number of methoxy groups -OCH3 is 1. The molecule has 0 saturated carbocycles. The summed E-state index contributed by atoms with van der Waals surface area (Å²) in [5.41, 5.74) is 1.35. The van der Waals surface area contributed by atoms with E-state index in [1.165, 1.54) is 16.7 Å². The zero-order chi connectivity index (χ0) is 33.1. The van der Waals surface area contributed by atoms with Gasteiger partial charge in [-0.05, 0) is 83.4 Å². The Hall–Kier alpha value is -4.34. The molecule has 3 heterocycles. The van der Waals surface area contributed by atoms with E-state index in [-0.39, 0.29) is 38.0 Å². The van der Waals surface area contributed by atoms with E-state index in [1.54, 1.807) is 57.4 Å². The van der Waals surface area contributed by atoms with Crippen LogP contribution in [0.3, 0.4) is 0 Å². The summed E-state index contributed by atoms with van der Waals surface area (Å²) in [5.74, 6) is 0.0217. The van der Waals surface area contributed by atoms with E-state index in [0.717, 1.165) is 23.1 Å². The summed E-state index contributed by atoms with van der Waals surface area (Å²) in [5, 5.41) is 12.3. The molecule has 2 aromatic carbocycles. The summed E-state index contributed by atoms with van der Waals surface area (Å²) in [6.45, 7) is 5.49. The van der Waals surface area contributed by atoms with E-state index in [2.05, 4.69) is 25.9 Å². The number of nitro groups is 1. The number of hydrogen-bond donors (Lipinski definition) is 1. The number of fused-ring (bicyclic) bond motifs is 1. The monoisotopic (exact) mass is 725 g/mol. The number of halogens is 1. The number of nitrogens with one attached hydrogen (secondary N) is 1. The molecule has 0 radical (unpaired) electrons. The molecular weight excluding hydrogens is 698 g/mol. The van der Waals surface area contributed by atoms with Crippen LogP contribution in [0.15, 0.2) is 82.8 Å². The first kappa shape index (κ1) is 33.0. The van der Waals surface area contributed by atoms with E-state index in [0.29, 0.717) is 50.4 Å². The maximum atomic E-state index is 14.1. The van der Waals surface area contributed by atoms with Crippen LogP contribution in [0.2, 0.25) is 0 Å². The van der Waals surface area contributed by atoms with Crippen molar-refractivity contribution in [1.29, 1.82) is 0 Å². The lowest BCUT2D eigenvalue weighted by atomic mass is 9.94. The van der Waals surface area contributed by atoms with Crippen molar-refractivity contribution in [2.24, 2.45) is 4.99 Å². The molecule has 2 aromatic heterocycles. The van der Waals surface area contributed by atoms with Gasteiger partial charge in [0.15, 0.2) is 9.96 Å². The van der Waals surface area contributed by atoms with Gasteiger partial charge >= 0.3 is 5.97 Å². The molecule has 1 atom stereocenters. The molecule has 1 aliphatic rings. The lowest BCUT2D eigenvalue weighted by Gasteiger charge is -2.26. The molecule has 46 heavy (non-hydrogen) atoms. The van der Waals surface area contributed by atoms with Crippen molar-refractivity contribution in [3.05, 3.63) is 115 Å². The van der Waals surface area contributed by atoms with Crippen LogP contribution in [-0.4, -0.2) is 39.1 Å². The topological polar surface area (TPSA) is 159 Å². The van der Waals surface area contributed by atoms with Crippen molar-refractivity contribution in [3.63, 3.8) is 0 Å². The van der Waals surface area contributed by atoms with Crippen LogP contribution in [-0.2, 0) is 9.53 Å². The van der Waals surface area contributed by atoms with Crippen LogP contribution in [0.4, 0.5) is 5.69 Å². The fraction of sp³-hybridized carbons (Fsp3) is 0.258. The third-order valence-electron chi connectivity index (χ3n) is 6.92. The van der Waals surface area contributed by atoms with Crippen LogP contribution in [0, 0.1) is 17.0 Å². The number of allylic oxidation sites excluding steroid dienone is 1. The van der Waals surface area contributed by atoms with Gasteiger partial charge in [0, 0.05) is 17.8 Å². The number of nitro benzene ring substituents is 1. The van der Waals surface area contributed by atoms with Crippen molar-refractivity contribution in [3.8, 4) is 5.75 Å². The first-order chi connectivity index (χ1) is 22.0. The summed E-state index contributed by atoms with van der Waals surface area (Å²) >= 11 is 5.61. The molecule has 4 aromatic rings. The highest BCUT2D eigenvalue weighted by Crippen LogP contribution is 2.36. The number of H-pyrrole nitrogens is 1. The Balaban J connectivity index is 1.67. The van der Waals surface area contributed by atoms with E-state index in [1.807, 2.05) is 6.92 Å². The smallest absolute Gasteiger partial charge is 0.338 e. The number of hydrogen-bond acceptors (Lipinski definition) is 11. The summed E-state index contributed by atoms with van der Waals surface area (Å²) in [6.07, 6.45) is 2.75. The largest absolute Gasteiger partial charge is 0.496 e. The number of ether oxygens (including phenoxy) is 2. The quantitative estimate of drug-likeness (QED) is 0.105. The highest BCUT2D eigenvalue weighted by molar-refractivity contribution is 9.10. The van der Waals surface area contributed by atoms with Gasteiger partial charge < -0.3 is 14.5 Å². The Morgan fingerprint density at radius 1 is 1.22 bits per heavy atom. The Bertz CT molecular complexity index is 2140. The summed E-state index contributed by atoms with van der Waals surface area (Å²) in [6, 6.07) is 10.4. The molecule has 0 unspecified atom stereocenters. The molecule has 0 amide bonds. The third-order valence-corrected chi connectivity index (χ3v) is 9.47. The van der Waals surface area contributed by atoms with E-state index in [4.69, 9.17) is 14.5 Å². The van der Waals surface area contributed by atoms with Crippen LogP contribution in [0.5, 0.6) is 5.75 Å². The molecule has 1 aliphatic heterocycles. The predicted octanol–water partition coefficient (Wildman–Crippen LogP) is 4.80. The average molecular weight is 727 g/mol. The van der Waals surface area contributed by atoms with Gasteiger partial charge in [-0.1, -0.05) is 36.8 Å². The van der Waals surface area contributed by atoms with Gasteiger partial charge in [-0.25, -0.2) is 14.8 Å². The molecule has 5 rings (SSSR count). The van der Waals surface area contributed by atoms with Crippen molar-refractivity contribution >= 4 is 56.8 Å². The molecule has 15 heteroatoms. The Morgan fingerprint density at radius 3 is 2.65 bits per heavy atom. The Labute approximate surface area is 278 Å². The van der Waals surface area contributed by atoms with Crippen molar-refractivity contribution in [1.82, 2.24) is 14.5 Å². The maximum Gasteiger partial charge on any atom is 0.338 e. The second-order valence-corrected chi connectivity index (χ2v) is 13.0. The lowest BCUT2D eigenvalue weighted by Crippen LogP contribution is -2.40. The number of rotatable bonds is 10. The van der Waals surface area contributed by atoms with Crippen LogP contribution in [0.25, 0.3) is 6.08 Å². The van der Waals surface area contributed by atoms with Gasteiger partial charge in [-0.2, -0.15) is 0 Å². The highest BCUT2D eigenvalue weighted by atomic mass is 79.9. The summed E-state index contributed by atoms with van der Waals surface area (Å²) in [4.78, 5) is 63.1. The maximum absolute atomic E-state index is 14.1. The number of carbonyl (C=O) groups excluding carboxylic acids is 1. The van der Waals surface area contributed by atoms with Crippen molar-refractivity contribution in [2.75, 3.05) is 13.7 Å². The van der Waals surface area contributed by atoms with E-state index >= 15 is 0 Å². The zero-order valence-corrected chi connectivity index (χ0v) is 28.4. The van der Waals surface area contributed by atoms with Crippen molar-refractivity contribution in [2.45, 2.75) is 49.7 Å². The van der Waals surface area contributed by atoms with Crippen LogP contribution >= 0.6 is 39.0 Å². The molecule has 238 valence electrons. The number of aromatic nitrogens is 3. The second-order valence-electron chi connectivity index (χ2n) is 10.1. The average Bonchev–Trinajstić information content (AvgIpc) is 3.30. The normalized spacial score (nSPS) is 14.5. The minimum absolute atomic E-state index is 0.147. The number of nitrogens with zero attached hydrogens (tertiary/aromatic N) is 4. The molecule has 0 fully saturated rings. The molecule has 12 nitrogen and oxygen atoms in total. The number of aryl methyl sites for hydroxylation is 1. The van der Waals surface area contributed by atoms with Gasteiger partial charge in [0.1, 0.15) is 5.75 Å². The van der Waals surface area contributed by atoms with Crippen LogP contribution in [0.1, 0.15) is 49.6 Å². The van der Waals surface area contributed by atoms with E-state index in [9.17, 15) is 24.5 Å². The molecule has 0 saturated heterocycles. The SMILES string of the molecule is CCCC1=C(C(=O)OCC)[C@H](c2ccc(OC)c(Br)c2)n2c(s/c(=C/c3ccc(Sc4nc(C)cc(=O)[nH]4)c([N+](=O)[O-])c3)c2=O)=N1. The summed E-state index contributed by atoms with van der Waals surface area (Å²) in [7, 11) is 1.54. The number of benzene rings is 2. The summed E-state index contributed by atoms with van der Waals surface area (Å²) < 4.78 is 13.2. The molecule has 1 N–H and O–H groups in total. The number of carbonyl (C=O) groups is 1. The Morgan fingerprint density at radius 2 is 2.00 bits per heavy atom. The van der Waals surface area contributed by atoms with Gasteiger partial charge in [0.25, 0.3) is 16.8 Å². The van der Waals surface area contributed by atoms with Gasteiger partial charge in [-0.15, -0.1) is 0 Å². The third kappa shape index (κ3) is 6.76. The molecule has 0 aliphatic carbocycles. The first-order valence-electron chi connectivity index (χ1n) is 14.1. The van der Waals surface area contributed by atoms with Crippen LogP contribution < -0.4 is 25.2 Å². The minimum Gasteiger partial charge on any atom is -0.496 e.